The van der Waals surface area contributed by atoms with Gasteiger partial charge in [-0.2, -0.15) is 0 Å². The smallest absolute Gasteiger partial charge is 0.106 e. The Kier molecular flexibility index (Phi) is 2.27. The molecule has 3 N–H and O–H groups in total. The van der Waals surface area contributed by atoms with Crippen molar-refractivity contribution in [2.45, 2.75) is 12.6 Å². The predicted octanol–water partition coefficient (Wildman–Crippen LogP) is -1.11. The lowest BCUT2D eigenvalue weighted by molar-refractivity contribution is 0.137. The third-order valence-electron chi connectivity index (χ3n) is 1.28. The van der Waals surface area contributed by atoms with Crippen LogP contribution < -0.4 is 10.6 Å². The molecule has 1 heterocycles. The SMILES string of the molecule is O[C@@H]1CCNCCN1. The second kappa shape index (κ2) is 3.02. The van der Waals surface area contributed by atoms with Gasteiger partial charge in [0.05, 0.1) is 0 Å². The summed E-state index contributed by atoms with van der Waals surface area (Å²) in [4.78, 5) is 0. The highest BCUT2D eigenvalue weighted by molar-refractivity contribution is 4.62. The van der Waals surface area contributed by atoms with Gasteiger partial charge in [-0.25, -0.2) is 0 Å². The first kappa shape index (κ1) is 6.01. The van der Waals surface area contributed by atoms with E-state index in [1.807, 2.05) is 0 Å². The van der Waals surface area contributed by atoms with Crippen LogP contribution in [-0.2, 0) is 0 Å². The molecule has 3 heteroatoms. The van der Waals surface area contributed by atoms with E-state index in [2.05, 4.69) is 10.6 Å². The highest BCUT2D eigenvalue weighted by Crippen LogP contribution is 1.86. The van der Waals surface area contributed by atoms with Crippen LogP contribution in [0.2, 0.25) is 0 Å². The molecule has 1 saturated heterocycles. The Balaban J connectivity index is 2.17. The van der Waals surface area contributed by atoms with E-state index >= 15 is 0 Å². The number of nitrogens with one attached hydrogen (secondary N) is 2. The van der Waals surface area contributed by atoms with Crippen LogP contribution in [0.1, 0.15) is 6.42 Å². The van der Waals surface area contributed by atoms with Gasteiger partial charge in [0.25, 0.3) is 0 Å². The Morgan fingerprint density at radius 2 is 2.12 bits per heavy atom. The summed E-state index contributed by atoms with van der Waals surface area (Å²) in [5, 5.41) is 15.0. The number of aliphatic hydroxyl groups is 1. The molecule has 1 aliphatic rings. The van der Waals surface area contributed by atoms with Crippen LogP contribution in [0.4, 0.5) is 0 Å². The monoisotopic (exact) mass is 116 g/mol. The fraction of sp³-hybridized carbons (Fsp3) is 1.00. The van der Waals surface area contributed by atoms with Crippen molar-refractivity contribution in [2.24, 2.45) is 0 Å². The highest BCUT2D eigenvalue weighted by atomic mass is 16.3. The Hall–Kier alpha value is -0.120. The average molecular weight is 116 g/mol. The first-order valence-electron chi connectivity index (χ1n) is 3.02. The molecule has 48 valence electrons. The van der Waals surface area contributed by atoms with Crippen molar-refractivity contribution in [1.82, 2.24) is 10.6 Å². The number of hydrogen-bond acceptors (Lipinski definition) is 3. The summed E-state index contributed by atoms with van der Waals surface area (Å²) in [6, 6.07) is 0. The Labute approximate surface area is 49.1 Å². The maximum atomic E-state index is 8.94. The van der Waals surface area contributed by atoms with Crippen molar-refractivity contribution in [3.63, 3.8) is 0 Å². The van der Waals surface area contributed by atoms with Crippen LogP contribution >= 0.6 is 0 Å². The zero-order chi connectivity index (χ0) is 5.82. The minimum absolute atomic E-state index is 0.287. The van der Waals surface area contributed by atoms with Crippen molar-refractivity contribution in [3.8, 4) is 0 Å². The molecule has 1 rings (SSSR count). The molecule has 1 fully saturated rings. The van der Waals surface area contributed by atoms with Gasteiger partial charge in [-0.15, -0.1) is 0 Å². The van der Waals surface area contributed by atoms with E-state index in [-0.39, 0.29) is 6.23 Å². The van der Waals surface area contributed by atoms with Gasteiger partial charge in [0.15, 0.2) is 0 Å². The summed E-state index contributed by atoms with van der Waals surface area (Å²) in [6.07, 6.45) is 0.532. The van der Waals surface area contributed by atoms with Crippen molar-refractivity contribution in [3.05, 3.63) is 0 Å². The zero-order valence-electron chi connectivity index (χ0n) is 4.85. The first-order chi connectivity index (χ1) is 3.89. The molecule has 8 heavy (non-hydrogen) atoms. The number of rotatable bonds is 0. The van der Waals surface area contributed by atoms with Crippen LogP contribution in [0.5, 0.6) is 0 Å². The third-order valence-corrected chi connectivity index (χ3v) is 1.28. The fourth-order valence-corrected chi connectivity index (χ4v) is 0.793. The molecule has 0 aromatic carbocycles. The molecule has 0 amide bonds. The lowest BCUT2D eigenvalue weighted by Gasteiger charge is -2.04. The maximum absolute atomic E-state index is 8.94. The average Bonchev–Trinajstić information content (AvgIpc) is 1.94. The summed E-state index contributed by atoms with van der Waals surface area (Å²) in [5.74, 6) is 0. The second-order valence-electron chi connectivity index (χ2n) is 2.01. The Morgan fingerprint density at radius 3 is 3.00 bits per heavy atom. The fourth-order valence-electron chi connectivity index (χ4n) is 0.793. The molecule has 0 bridgehead atoms. The predicted molar refractivity (Wildman–Crippen MR) is 31.5 cm³/mol. The zero-order valence-corrected chi connectivity index (χ0v) is 4.85. The molecule has 0 spiro atoms. The van der Waals surface area contributed by atoms with E-state index in [1.165, 1.54) is 0 Å². The largest absolute Gasteiger partial charge is 0.379 e. The van der Waals surface area contributed by atoms with E-state index in [4.69, 9.17) is 5.11 Å². The lowest BCUT2D eigenvalue weighted by atomic mass is 10.4. The molecule has 1 aliphatic heterocycles. The first-order valence-corrected chi connectivity index (χ1v) is 3.02. The van der Waals surface area contributed by atoms with E-state index in [9.17, 15) is 0 Å². The minimum atomic E-state index is -0.287. The van der Waals surface area contributed by atoms with Gasteiger partial charge in [-0.3, -0.25) is 5.32 Å². The van der Waals surface area contributed by atoms with Gasteiger partial charge >= 0.3 is 0 Å². The summed E-state index contributed by atoms with van der Waals surface area (Å²) >= 11 is 0. The molecule has 0 unspecified atom stereocenters. The van der Waals surface area contributed by atoms with Gasteiger partial charge in [0.1, 0.15) is 6.23 Å². The van der Waals surface area contributed by atoms with Crippen LogP contribution in [0, 0.1) is 0 Å². The topological polar surface area (TPSA) is 44.3 Å². The van der Waals surface area contributed by atoms with E-state index in [0.29, 0.717) is 0 Å². The third kappa shape index (κ3) is 1.78. The maximum Gasteiger partial charge on any atom is 0.106 e. The molecule has 0 radical (unpaired) electrons. The Morgan fingerprint density at radius 1 is 1.25 bits per heavy atom. The van der Waals surface area contributed by atoms with Gasteiger partial charge in [-0.1, -0.05) is 0 Å². The summed E-state index contributed by atoms with van der Waals surface area (Å²) in [5.41, 5.74) is 0. The molecule has 3 nitrogen and oxygen atoms in total. The van der Waals surface area contributed by atoms with Crippen LogP contribution in [0.25, 0.3) is 0 Å². The highest BCUT2D eigenvalue weighted by Gasteiger charge is 2.04. The lowest BCUT2D eigenvalue weighted by Crippen LogP contribution is -2.29. The summed E-state index contributed by atoms with van der Waals surface area (Å²) in [7, 11) is 0. The minimum Gasteiger partial charge on any atom is -0.379 e. The summed E-state index contributed by atoms with van der Waals surface area (Å²) < 4.78 is 0. The van der Waals surface area contributed by atoms with Crippen molar-refractivity contribution >= 4 is 0 Å². The molecule has 0 aromatic heterocycles. The van der Waals surface area contributed by atoms with Gasteiger partial charge in [0.2, 0.25) is 0 Å². The van der Waals surface area contributed by atoms with Gasteiger partial charge < -0.3 is 10.4 Å². The van der Waals surface area contributed by atoms with E-state index in [0.717, 1.165) is 26.1 Å². The second-order valence-corrected chi connectivity index (χ2v) is 2.01. The number of aliphatic hydroxyl groups excluding tert-OH is 1. The van der Waals surface area contributed by atoms with Gasteiger partial charge in [0, 0.05) is 13.1 Å². The normalized spacial score (nSPS) is 31.9. The summed E-state index contributed by atoms with van der Waals surface area (Å²) in [6.45, 7) is 2.77. The molecule has 1 atom stereocenters. The quantitative estimate of drug-likeness (QED) is 0.376. The van der Waals surface area contributed by atoms with Crippen LogP contribution in [0.15, 0.2) is 0 Å². The standard InChI is InChI=1S/C5H12N2O/c8-5-1-2-6-3-4-7-5/h5-8H,1-4H2/t5-/m1/s1. The van der Waals surface area contributed by atoms with E-state index < -0.39 is 0 Å². The Bertz CT molecular complexity index is 59.4. The number of hydrogen-bond donors (Lipinski definition) is 3. The molecule has 0 aromatic rings. The van der Waals surface area contributed by atoms with Crippen molar-refractivity contribution < 1.29 is 5.11 Å². The van der Waals surface area contributed by atoms with Crippen molar-refractivity contribution in [2.75, 3.05) is 19.6 Å². The van der Waals surface area contributed by atoms with Crippen LogP contribution in [0.3, 0.4) is 0 Å². The molecule has 0 saturated carbocycles. The van der Waals surface area contributed by atoms with Crippen molar-refractivity contribution in [1.29, 1.82) is 0 Å². The van der Waals surface area contributed by atoms with Crippen LogP contribution in [-0.4, -0.2) is 31.0 Å². The molecule has 0 aliphatic carbocycles. The molecular weight excluding hydrogens is 104 g/mol. The van der Waals surface area contributed by atoms with Gasteiger partial charge in [-0.05, 0) is 13.0 Å². The molecular formula is C5H12N2O. The van der Waals surface area contributed by atoms with E-state index in [1.54, 1.807) is 0 Å².